The van der Waals surface area contributed by atoms with Crippen LogP contribution in [0.25, 0.3) is 0 Å². The van der Waals surface area contributed by atoms with Gasteiger partial charge in [0.2, 0.25) is 5.82 Å². The first-order valence-electron chi connectivity index (χ1n) is 6.77. The van der Waals surface area contributed by atoms with Gasteiger partial charge in [0.05, 0.1) is 5.56 Å². The third-order valence-corrected chi connectivity index (χ3v) is 2.71. The fraction of sp³-hybridized carbons (Fsp3) is 0.533. The van der Waals surface area contributed by atoms with Gasteiger partial charge in [0.25, 0.3) is 5.91 Å². The van der Waals surface area contributed by atoms with E-state index in [4.69, 9.17) is 6.42 Å². The van der Waals surface area contributed by atoms with Crippen molar-refractivity contribution >= 4 is 5.91 Å². The number of carbonyl (C=O) groups is 1. The molecular weight excluding hydrogens is 309 g/mol. The molecule has 0 bridgehead atoms. The summed E-state index contributed by atoms with van der Waals surface area (Å²) in [5, 5.41) is 1.19. The highest BCUT2D eigenvalue weighted by molar-refractivity contribution is 5.94. The number of halogens is 3. The van der Waals surface area contributed by atoms with Gasteiger partial charge in [-0.1, -0.05) is 5.92 Å². The highest BCUT2D eigenvalue weighted by Gasteiger charge is 2.36. The van der Waals surface area contributed by atoms with E-state index in [9.17, 15) is 18.0 Å². The lowest BCUT2D eigenvalue weighted by atomic mass is 10.0. The summed E-state index contributed by atoms with van der Waals surface area (Å²) in [5.74, 6) is 0.553. The lowest BCUT2D eigenvalue weighted by Crippen LogP contribution is -2.60. The second-order valence-corrected chi connectivity index (χ2v) is 6.50. The Labute approximate surface area is 133 Å². The molecule has 0 aliphatic carbocycles. The Bertz CT molecular complexity index is 610. The minimum absolute atomic E-state index is 0.0990. The predicted molar refractivity (Wildman–Crippen MR) is 79.0 cm³/mol. The van der Waals surface area contributed by atoms with Gasteiger partial charge in [-0.15, -0.1) is 6.42 Å². The molecular formula is C15H19F3N4O. The number of hydrogen-bond acceptors (Lipinski definition) is 4. The molecule has 5 nitrogen and oxygen atoms in total. The minimum atomic E-state index is -4.66. The molecule has 1 heterocycles. The number of hydrazine groups is 1. The number of nitrogens with zero attached hydrogens (tertiary/aromatic N) is 3. The third kappa shape index (κ3) is 4.93. The molecule has 1 aromatic rings. The standard InChI is InChI=1S/C15H19F3N4O/c1-7-14(5,6)22(21-13(2,3)4)11(23)10-8-19-12(20-9-10)15(16,17)18/h1,8-9,21H,2-6H3. The van der Waals surface area contributed by atoms with Crippen molar-refractivity contribution in [2.24, 2.45) is 0 Å². The number of hydrogen-bond donors (Lipinski definition) is 1. The van der Waals surface area contributed by atoms with Gasteiger partial charge in [-0.2, -0.15) is 13.2 Å². The molecule has 0 atom stereocenters. The van der Waals surface area contributed by atoms with E-state index in [0.717, 1.165) is 12.4 Å². The summed E-state index contributed by atoms with van der Waals surface area (Å²) in [7, 11) is 0. The Balaban J connectivity index is 3.18. The van der Waals surface area contributed by atoms with Crippen molar-refractivity contribution in [1.82, 2.24) is 20.4 Å². The van der Waals surface area contributed by atoms with Crippen LogP contribution in [0.3, 0.4) is 0 Å². The maximum absolute atomic E-state index is 12.6. The second-order valence-electron chi connectivity index (χ2n) is 6.50. The number of aromatic nitrogens is 2. The number of amides is 1. The maximum Gasteiger partial charge on any atom is 0.451 e. The molecule has 0 aromatic carbocycles. The summed E-state index contributed by atoms with van der Waals surface area (Å²) in [6.45, 7) is 8.73. The van der Waals surface area contributed by atoms with Crippen molar-refractivity contribution < 1.29 is 18.0 Å². The van der Waals surface area contributed by atoms with Crippen LogP contribution in [0.15, 0.2) is 12.4 Å². The quantitative estimate of drug-likeness (QED) is 0.684. The van der Waals surface area contributed by atoms with E-state index >= 15 is 0 Å². The number of nitrogens with one attached hydrogen (secondary N) is 1. The molecule has 23 heavy (non-hydrogen) atoms. The molecule has 8 heteroatoms. The molecule has 0 radical (unpaired) electrons. The normalized spacial score (nSPS) is 12.7. The van der Waals surface area contributed by atoms with Crippen LogP contribution in [-0.2, 0) is 6.18 Å². The van der Waals surface area contributed by atoms with Crippen LogP contribution in [0, 0.1) is 12.3 Å². The van der Waals surface area contributed by atoms with Gasteiger partial charge >= 0.3 is 6.18 Å². The topological polar surface area (TPSA) is 58.1 Å². The van der Waals surface area contributed by atoms with Crippen LogP contribution >= 0.6 is 0 Å². The monoisotopic (exact) mass is 328 g/mol. The van der Waals surface area contributed by atoms with E-state index in [1.807, 2.05) is 20.8 Å². The van der Waals surface area contributed by atoms with Crippen molar-refractivity contribution in [2.75, 3.05) is 0 Å². The van der Waals surface area contributed by atoms with E-state index in [2.05, 4.69) is 21.3 Å². The molecule has 0 spiro atoms. The van der Waals surface area contributed by atoms with Crippen molar-refractivity contribution in [2.45, 2.75) is 51.9 Å². The largest absolute Gasteiger partial charge is 0.451 e. The Morgan fingerprint density at radius 3 is 2.00 bits per heavy atom. The average Bonchev–Trinajstić information content (AvgIpc) is 2.42. The molecule has 1 amide bonds. The Morgan fingerprint density at radius 1 is 1.17 bits per heavy atom. The first-order valence-corrected chi connectivity index (χ1v) is 6.77. The number of alkyl halides is 3. The summed E-state index contributed by atoms with van der Waals surface area (Å²) in [6.07, 6.45) is 2.47. The molecule has 1 N–H and O–H groups in total. The summed E-state index contributed by atoms with van der Waals surface area (Å²) in [4.78, 5) is 19.0. The fourth-order valence-corrected chi connectivity index (χ4v) is 1.56. The van der Waals surface area contributed by atoms with Gasteiger partial charge in [-0.3, -0.25) is 9.80 Å². The van der Waals surface area contributed by atoms with E-state index in [-0.39, 0.29) is 5.56 Å². The SMILES string of the molecule is C#CC(C)(C)N(NC(C)(C)C)C(=O)c1cnc(C(F)(F)F)nc1. The first-order chi connectivity index (χ1) is 10.3. The van der Waals surface area contributed by atoms with Crippen LogP contribution in [0.4, 0.5) is 13.2 Å². The highest BCUT2D eigenvalue weighted by atomic mass is 19.4. The van der Waals surface area contributed by atoms with Crippen molar-refractivity contribution in [3.05, 3.63) is 23.8 Å². The fourth-order valence-electron chi connectivity index (χ4n) is 1.56. The summed E-state index contributed by atoms with van der Waals surface area (Å²) >= 11 is 0. The zero-order valence-corrected chi connectivity index (χ0v) is 13.6. The number of rotatable bonds is 3. The smallest absolute Gasteiger partial charge is 0.267 e. The Hall–Kier alpha value is -2.14. The molecule has 1 aromatic heterocycles. The molecule has 0 saturated heterocycles. The summed E-state index contributed by atoms with van der Waals surface area (Å²) in [6, 6.07) is 0. The van der Waals surface area contributed by atoms with E-state index in [1.54, 1.807) is 13.8 Å². The Kier molecular flexibility index (Phi) is 5.07. The summed E-state index contributed by atoms with van der Waals surface area (Å²) in [5.41, 5.74) is 1.36. The second kappa shape index (κ2) is 6.16. The van der Waals surface area contributed by atoms with Crippen molar-refractivity contribution in [3.63, 3.8) is 0 Å². The van der Waals surface area contributed by atoms with Crippen LogP contribution in [-0.4, -0.2) is 32.0 Å². The molecule has 0 saturated carbocycles. The van der Waals surface area contributed by atoms with Crippen LogP contribution in [0.5, 0.6) is 0 Å². The lowest BCUT2D eigenvalue weighted by Gasteiger charge is -2.39. The van der Waals surface area contributed by atoms with Gasteiger partial charge in [-0.25, -0.2) is 15.4 Å². The van der Waals surface area contributed by atoms with Crippen molar-refractivity contribution in [3.8, 4) is 12.3 Å². The zero-order chi connectivity index (χ0) is 18.1. The number of terminal acetylenes is 1. The van der Waals surface area contributed by atoms with Crippen molar-refractivity contribution in [1.29, 1.82) is 0 Å². The van der Waals surface area contributed by atoms with E-state index < -0.39 is 29.0 Å². The van der Waals surface area contributed by atoms with Gasteiger partial charge in [0.15, 0.2) is 0 Å². The lowest BCUT2D eigenvalue weighted by molar-refractivity contribution is -0.145. The predicted octanol–water partition coefficient (Wildman–Crippen LogP) is 2.65. The summed E-state index contributed by atoms with van der Waals surface area (Å²) < 4.78 is 37.5. The Morgan fingerprint density at radius 2 is 1.65 bits per heavy atom. The van der Waals surface area contributed by atoms with Crippen LogP contribution < -0.4 is 5.43 Å². The highest BCUT2D eigenvalue weighted by Crippen LogP contribution is 2.25. The van der Waals surface area contributed by atoms with Gasteiger partial charge in [0.1, 0.15) is 5.54 Å². The van der Waals surface area contributed by atoms with E-state index in [0.29, 0.717) is 0 Å². The molecule has 1 rings (SSSR count). The van der Waals surface area contributed by atoms with Gasteiger partial charge in [-0.05, 0) is 34.6 Å². The molecule has 0 aliphatic rings. The van der Waals surface area contributed by atoms with Crippen LogP contribution in [0.1, 0.15) is 50.8 Å². The first kappa shape index (κ1) is 18.9. The van der Waals surface area contributed by atoms with Gasteiger partial charge < -0.3 is 0 Å². The van der Waals surface area contributed by atoms with E-state index in [1.165, 1.54) is 5.01 Å². The zero-order valence-electron chi connectivity index (χ0n) is 13.6. The van der Waals surface area contributed by atoms with Crippen LogP contribution in [0.2, 0.25) is 0 Å². The average molecular weight is 328 g/mol. The molecule has 126 valence electrons. The molecule has 0 fully saturated rings. The number of carbonyl (C=O) groups excluding carboxylic acids is 1. The minimum Gasteiger partial charge on any atom is -0.267 e. The molecule has 0 aliphatic heterocycles. The van der Waals surface area contributed by atoms with Gasteiger partial charge in [0, 0.05) is 17.9 Å². The third-order valence-electron chi connectivity index (χ3n) is 2.71. The maximum atomic E-state index is 12.6. The molecule has 0 unspecified atom stereocenters.